The molecule has 1 N–H and O–H groups in total. The van der Waals surface area contributed by atoms with E-state index in [0.29, 0.717) is 19.3 Å². The highest BCUT2D eigenvalue weighted by atomic mass is 19.4. The molecule has 4 heterocycles. The topological polar surface area (TPSA) is 87.0 Å². The Morgan fingerprint density at radius 2 is 2.00 bits per heavy atom. The first-order valence-corrected chi connectivity index (χ1v) is 10.9. The summed E-state index contributed by atoms with van der Waals surface area (Å²) >= 11 is 0. The Balaban J connectivity index is 1.61. The predicted molar refractivity (Wildman–Crippen MR) is 108 cm³/mol. The number of aliphatic imine (C=N–C) groups is 1. The van der Waals surface area contributed by atoms with E-state index in [0.717, 1.165) is 23.4 Å². The van der Waals surface area contributed by atoms with Crippen molar-refractivity contribution < 1.29 is 40.6 Å². The first-order valence-electron chi connectivity index (χ1n) is 10.9. The molecule has 5 rings (SSSR count). The molecule has 13 heteroatoms. The van der Waals surface area contributed by atoms with E-state index in [9.17, 15) is 31.1 Å². The van der Waals surface area contributed by atoms with E-state index in [1.54, 1.807) is 6.92 Å². The van der Waals surface area contributed by atoms with E-state index in [4.69, 9.17) is 14.7 Å². The van der Waals surface area contributed by atoms with Crippen molar-refractivity contribution in [2.75, 3.05) is 18.1 Å². The second-order valence-corrected chi connectivity index (χ2v) is 9.44. The zero-order valence-corrected chi connectivity index (χ0v) is 18.3. The molecule has 188 valence electrons. The van der Waals surface area contributed by atoms with Gasteiger partial charge in [0.15, 0.2) is 5.54 Å². The number of benzene rings is 1. The van der Waals surface area contributed by atoms with Crippen molar-refractivity contribution >= 4 is 17.9 Å². The number of alkyl halides is 6. The minimum atomic E-state index is -4.84. The Labute approximate surface area is 195 Å². The molecule has 0 aliphatic carbocycles. The lowest BCUT2D eigenvalue weighted by Crippen LogP contribution is -2.67. The maximum absolute atomic E-state index is 14.0. The zero-order valence-electron chi connectivity index (χ0n) is 18.3. The maximum atomic E-state index is 14.0. The standard InChI is InChI=1S/C22H20F6N4O3/c1-18-4-5-19(35-18)6-7-34-16-15(19)21(18,31-11-30-10-20(23,24)25)17(33)32(16)13-3-2-12(9-29)14(8-13)22(26,27)28/h2-3,8,11,15-16H,4-7,10H2,1H3,(H,30,31)/t15?,16?,18?,19?,21-/m1/s1. The summed E-state index contributed by atoms with van der Waals surface area (Å²) in [6.45, 7) is 0.386. The summed E-state index contributed by atoms with van der Waals surface area (Å²) in [4.78, 5) is 18.5. The SMILES string of the molecule is CC12CCC3(CCOC4C3[C@@]1(NC=NCC(F)(F)F)C(=O)N4c1ccc(C#N)c(C(F)(F)F)c1)O2. The van der Waals surface area contributed by atoms with Gasteiger partial charge in [0.1, 0.15) is 12.8 Å². The second kappa shape index (κ2) is 7.33. The van der Waals surface area contributed by atoms with Crippen LogP contribution in [0.25, 0.3) is 0 Å². The highest BCUT2D eigenvalue weighted by Crippen LogP contribution is 2.67. The quantitative estimate of drug-likeness (QED) is 0.387. The molecular weight excluding hydrogens is 482 g/mol. The van der Waals surface area contributed by atoms with Crippen LogP contribution in [0.4, 0.5) is 32.0 Å². The summed E-state index contributed by atoms with van der Waals surface area (Å²) in [6.07, 6.45) is -8.18. The van der Waals surface area contributed by atoms with Crippen LogP contribution in [0, 0.1) is 17.2 Å². The van der Waals surface area contributed by atoms with Crippen molar-refractivity contribution in [3.05, 3.63) is 29.3 Å². The van der Waals surface area contributed by atoms with Crippen LogP contribution in [-0.4, -0.2) is 54.5 Å². The van der Waals surface area contributed by atoms with Crippen LogP contribution in [-0.2, 0) is 20.4 Å². The van der Waals surface area contributed by atoms with Crippen LogP contribution >= 0.6 is 0 Å². The number of nitriles is 1. The lowest BCUT2D eigenvalue weighted by Gasteiger charge is -2.45. The maximum Gasteiger partial charge on any atom is 0.417 e. The molecule has 4 aliphatic rings. The summed E-state index contributed by atoms with van der Waals surface area (Å²) in [7, 11) is 0. The molecule has 1 aromatic rings. The molecular formula is C22H20F6N4O3. The Kier molecular flexibility index (Phi) is 5.00. The second-order valence-electron chi connectivity index (χ2n) is 9.44. The normalized spacial score (nSPS) is 36.1. The third kappa shape index (κ3) is 3.26. The molecule has 4 fully saturated rings. The minimum Gasteiger partial charge on any atom is -0.365 e. The number of anilines is 1. The summed E-state index contributed by atoms with van der Waals surface area (Å²) in [5.41, 5.74) is -5.51. The van der Waals surface area contributed by atoms with Gasteiger partial charge in [-0.05, 0) is 38.0 Å². The van der Waals surface area contributed by atoms with E-state index in [1.165, 1.54) is 12.1 Å². The van der Waals surface area contributed by atoms with Crippen molar-refractivity contribution in [1.29, 1.82) is 5.26 Å². The number of hydrogen-bond acceptors (Lipinski definition) is 5. The fourth-order valence-corrected chi connectivity index (χ4v) is 6.24. The number of ether oxygens (including phenoxy) is 2. The van der Waals surface area contributed by atoms with Crippen LogP contribution in [0.15, 0.2) is 23.2 Å². The summed E-state index contributed by atoms with van der Waals surface area (Å²) in [5, 5.41) is 11.9. The van der Waals surface area contributed by atoms with Gasteiger partial charge < -0.3 is 14.8 Å². The van der Waals surface area contributed by atoms with Gasteiger partial charge in [-0.2, -0.15) is 31.6 Å². The number of amides is 1. The molecule has 7 nitrogen and oxygen atoms in total. The summed E-state index contributed by atoms with van der Waals surface area (Å²) in [5.74, 6) is -1.40. The molecule has 35 heavy (non-hydrogen) atoms. The molecule has 0 aromatic heterocycles. The van der Waals surface area contributed by atoms with Gasteiger partial charge >= 0.3 is 12.4 Å². The van der Waals surface area contributed by atoms with Crippen LogP contribution in [0.1, 0.15) is 37.3 Å². The highest BCUT2D eigenvalue weighted by molar-refractivity contribution is 6.07. The number of halogens is 6. The third-order valence-electron chi connectivity index (χ3n) is 7.59. The van der Waals surface area contributed by atoms with E-state index in [1.807, 2.05) is 0 Å². The van der Waals surface area contributed by atoms with Gasteiger partial charge in [-0.1, -0.05) is 0 Å². The minimum absolute atomic E-state index is 0.130. The highest BCUT2D eigenvalue weighted by Gasteiger charge is 2.83. The van der Waals surface area contributed by atoms with Gasteiger partial charge in [0.05, 0.1) is 47.3 Å². The molecule has 5 atom stereocenters. The van der Waals surface area contributed by atoms with E-state index in [2.05, 4.69) is 10.3 Å². The van der Waals surface area contributed by atoms with Gasteiger partial charge in [-0.25, -0.2) is 0 Å². The number of fused-ring (bicyclic) bond motifs is 2. The van der Waals surface area contributed by atoms with Crippen molar-refractivity contribution in [3.8, 4) is 6.07 Å². The van der Waals surface area contributed by atoms with Crippen molar-refractivity contribution in [3.63, 3.8) is 0 Å². The first-order chi connectivity index (χ1) is 16.3. The number of rotatable bonds is 4. The lowest BCUT2D eigenvalue weighted by molar-refractivity contribution is -0.141. The fourth-order valence-electron chi connectivity index (χ4n) is 6.24. The van der Waals surface area contributed by atoms with Crippen LogP contribution in [0.2, 0.25) is 0 Å². The Morgan fingerprint density at radius 1 is 1.26 bits per heavy atom. The largest absolute Gasteiger partial charge is 0.417 e. The zero-order chi connectivity index (χ0) is 25.4. The molecule has 0 saturated carbocycles. The van der Waals surface area contributed by atoms with E-state index in [-0.39, 0.29) is 12.3 Å². The smallest absolute Gasteiger partial charge is 0.365 e. The van der Waals surface area contributed by atoms with Crippen molar-refractivity contribution in [2.24, 2.45) is 10.9 Å². The Hall–Kier alpha value is -2.85. The molecule has 4 unspecified atom stereocenters. The molecule has 1 aromatic carbocycles. The average molecular weight is 502 g/mol. The molecule has 0 radical (unpaired) electrons. The third-order valence-corrected chi connectivity index (χ3v) is 7.59. The fraction of sp³-hybridized carbons (Fsp3) is 0.591. The predicted octanol–water partition coefficient (Wildman–Crippen LogP) is 3.53. The van der Waals surface area contributed by atoms with Gasteiger partial charge in [-0.3, -0.25) is 14.7 Å². The van der Waals surface area contributed by atoms with E-state index >= 15 is 0 Å². The number of carbonyl (C=O) groups is 1. The average Bonchev–Trinajstić information content (AvgIpc) is 3.32. The summed E-state index contributed by atoms with van der Waals surface area (Å²) in [6, 6.07) is 4.43. The lowest BCUT2D eigenvalue weighted by atomic mass is 9.61. The van der Waals surface area contributed by atoms with Crippen LogP contribution in [0.5, 0.6) is 0 Å². The molecule has 1 amide bonds. The van der Waals surface area contributed by atoms with E-state index < -0.39 is 64.8 Å². The van der Waals surface area contributed by atoms with Crippen molar-refractivity contribution in [2.45, 2.75) is 61.5 Å². The molecule has 4 saturated heterocycles. The van der Waals surface area contributed by atoms with Crippen LogP contribution < -0.4 is 10.2 Å². The number of hydrogen-bond donors (Lipinski definition) is 1. The van der Waals surface area contributed by atoms with Gasteiger partial charge in [0.25, 0.3) is 5.91 Å². The first kappa shape index (κ1) is 23.9. The van der Waals surface area contributed by atoms with Gasteiger partial charge in [0, 0.05) is 12.1 Å². The van der Waals surface area contributed by atoms with Gasteiger partial charge in [-0.15, -0.1) is 0 Å². The van der Waals surface area contributed by atoms with Gasteiger partial charge in [0.2, 0.25) is 0 Å². The monoisotopic (exact) mass is 502 g/mol. The molecule has 4 aliphatic heterocycles. The molecule has 1 spiro atoms. The number of carbonyl (C=O) groups excluding carboxylic acids is 1. The number of nitrogens with zero attached hydrogens (tertiary/aromatic N) is 3. The number of nitrogens with one attached hydrogen (secondary N) is 1. The summed E-state index contributed by atoms with van der Waals surface area (Å²) < 4.78 is 91.0. The Morgan fingerprint density at radius 3 is 2.66 bits per heavy atom. The van der Waals surface area contributed by atoms with Crippen molar-refractivity contribution in [1.82, 2.24) is 5.32 Å². The van der Waals surface area contributed by atoms with Crippen LogP contribution in [0.3, 0.4) is 0 Å². The molecule has 2 bridgehead atoms. The Bertz CT molecular complexity index is 1140.